The van der Waals surface area contributed by atoms with E-state index < -0.39 is 0 Å². The maximum Gasteiger partial charge on any atom is 0.253 e. The zero-order chi connectivity index (χ0) is 20.1. The molecule has 0 radical (unpaired) electrons. The molecule has 0 fully saturated rings. The molecule has 0 aliphatic heterocycles. The van der Waals surface area contributed by atoms with E-state index in [0.29, 0.717) is 40.9 Å². The minimum Gasteiger partial charge on any atom is -0.467 e. The molecule has 146 valence electrons. The van der Waals surface area contributed by atoms with Crippen molar-refractivity contribution in [2.45, 2.75) is 13.1 Å². The normalized spacial score (nSPS) is 10.7. The Kier molecular flexibility index (Phi) is 5.33. The van der Waals surface area contributed by atoms with Crippen LogP contribution < -0.4 is 10.6 Å². The van der Waals surface area contributed by atoms with Gasteiger partial charge in [0.25, 0.3) is 5.91 Å². The van der Waals surface area contributed by atoms with Crippen LogP contribution in [-0.4, -0.2) is 16.1 Å². The lowest BCUT2D eigenvalue weighted by molar-refractivity contribution is 0.0949. The third-order valence-electron chi connectivity index (χ3n) is 4.16. The number of benzene rings is 2. The fraction of sp³-hybridized carbons (Fsp3) is 0.0952. The van der Waals surface area contributed by atoms with Gasteiger partial charge in [0, 0.05) is 11.3 Å². The first-order valence-corrected chi connectivity index (χ1v) is 8.91. The van der Waals surface area contributed by atoms with Gasteiger partial charge in [-0.05, 0) is 48.5 Å². The molecule has 2 aromatic carbocycles. The van der Waals surface area contributed by atoms with E-state index in [-0.39, 0.29) is 18.3 Å². The molecule has 0 bridgehead atoms. The molecule has 4 aromatic rings. The summed E-state index contributed by atoms with van der Waals surface area (Å²) in [5, 5.41) is 13.9. The maximum atomic E-state index is 13.0. The summed E-state index contributed by atoms with van der Waals surface area (Å²) in [6.07, 6.45) is 1.56. The topological polar surface area (TPSA) is 93.2 Å². The lowest BCUT2D eigenvalue weighted by Gasteiger charge is -2.10. The van der Waals surface area contributed by atoms with Crippen LogP contribution in [0.15, 0.2) is 75.8 Å². The highest BCUT2D eigenvalue weighted by Crippen LogP contribution is 2.20. The summed E-state index contributed by atoms with van der Waals surface area (Å²) >= 11 is 0. The monoisotopic (exact) mass is 392 g/mol. The molecule has 0 saturated heterocycles. The van der Waals surface area contributed by atoms with Crippen LogP contribution in [0.25, 0.3) is 11.5 Å². The van der Waals surface area contributed by atoms with Gasteiger partial charge in [-0.2, -0.15) is 0 Å². The molecule has 2 N–H and O–H groups in total. The van der Waals surface area contributed by atoms with Gasteiger partial charge < -0.3 is 19.5 Å². The Hall–Kier alpha value is -3.94. The highest BCUT2D eigenvalue weighted by Gasteiger charge is 2.13. The van der Waals surface area contributed by atoms with Crippen molar-refractivity contribution in [3.8, 4) is 11.5 Å². The van der Waals surface area contributed by atoms with Gasteiger partial charge in [-0.3, -0.25) is 4.79 Å². The van der Waals surface area contributed by atoms with Gasteiger partial charge in [-0.15, -0.1) is 10.2 Å². The molecule has 29 heavy (non-hydrogen) atoms. The molecule has 0 atom stereocenters. The summed E-state index contributed by atoms with van der Waals surface area (Å²) in [4.78, 5) is 12.5. The summed E-state index contributed by atoms with van der Waals surface area (Å²) in [5.41, 5.74) is 1.74. The molecule has 0 aliphatic carbocycles. The molecule has 4 rings (SSSR count). The average Bonchev–Trinajstić information content (AvgIpc) is 3.43. The van der Waals surface area contributed by atoms with Crippen molar-refractivity contribution < 1.29 is 18.0 Å². The molecule has 1 amide bonds. The SMILES string of the molecule is O=C(NCc1ccco1)c1ccccc1NCc1nnc(-c2ccc(F)cc2)o1. The predicted molar refractivity (Wildman–Crippen MR) is 103 cm³/mol. The van der Waals surface area contributed by atoms with Crippen molar-refractivity contribution >= 4 is 11.6 Å². The second-order valence-corrected chi connectivity index (χ2v) is 6.17. The van der Waals surface area contributed by atoms with Gasteiger partial charge in [0.05, 0.1) is 24.9 Å². The van der Waals surface area contributed by atoms with E-state index in [4.69, 9.17) is 8.83 Å². The molecular weight excluding hydrogens is 375 g/mol. The maximum absolute atomic E-state index is 13.0. The lowest BCUT2D eigenvalue weighted by Crippen LogP contribution is -2.23. The zero-order valence-electron chi connectivity index (χ0n) is 15.3. The van der Waals surface area contributed by atoms with E-state index in [2.05, 4.69) is 20.8 Å². The minimum atomic E-state index is -0.336. The third kappa shape index (κ3) is 4.49. The highest BCUT2D eigenvalue weighted by atomic mass is 19.1. The number of hydrogen-bond acceptors (Lipinski definition) is 6. The Labute approximate surface area is 165 Å². The summed E-state index contributed by atoms with van der Waals surface area (Å²) in [6, 6.07) is 16.5. The number of amides is 1. The lowest BCUT2D eigenvalue weighted by atomic mass is 10.1. The van der Waals surface area contributed by atoms with Gasteiger partial charge in [0.2, 0.25) is 11.8 Å². The number of aromatic nitrogens is 2. The summed E-state index contributed by atoms with van der Waals surface area (Å²) < 4.78 is 23.9. The summed E-state index contributed by atoms with van der Waals surface area (Å²) in [7, 11) is 0. The van der Waals surface area contributed by atoms with Gasteiger partial charge in [-0.25, -0.2) is 4.39 Å². The van der Waals surface area contributed by atoms with Crippen molar-refractivity contribution in [2.75, 3.05) is 5.32 Å². The summed E-state index contributed by atoms with van der Waals surface area (Å²) in [6.45, 7) is 0.529. The van der Waals surface area contributed by atoms with E-state index in [1.54, 1.807) is 48.7 Å². The number of para-hydroxylation sites is 1. The number of anilines is 1. The summed E-state index contributed by atoms with van der Waals surface area (Å²) in [5.74, 6) is 0.739. The first-order chi connectivity index (χ1) is 14.2. The van der Waals surface area contributed by atoms with E-state index >= 15 is 0 Å². The first kappa shape index (κ1) is 18.4. The van der Waals surface area contributed by atoms with E-state index in [0.717, 1.165) is 0 Å². The fourth-order valence-corrected chi connectivity index (χ4v) is 2.72. The van der Waals surface area contributed by atoms with Crippen molar-refractivity contribution in [3.05, 3.63) is 90.0 Å². The Balaban J connectivity index is 1.41. The van der Waals surface area contributed by atoms with Crippen LogP contribution in [0.5, 0.6) is 0 Å². The number of carbonyl (C=O) groups excluding carboxylic acids is 1. The molecule has 0 unspecified atom stereocenters. The number of halogens is 1. The predicted octanol–water partition coefficient (Wildman–Crippen LogP) is 4.01. The second kappa shape index (κ2) is 8.39. The van der Waals surface area contributed by atoms with Crippen LogP contribution >= 0.6 is 0 Å². The van der Waals surface area contributed by atoms with Crippen molar-refractivity contribution in [2.24, 2.45) is 0 Å². The van der Waals surface area contributed by atoms with E-state index in [9.17, 15) is 9.18 Å². The fourth-order valence-electron chi connectivity index (χ4n) is 2.72. The highest BCUT2D eigenvalue weighted by molar-refractivity contribution is 5.99. The number of carbonyl (C=O) groups is 1. The average molecular weight is 392 g/mol. The van der Waals surface area contributed by atoms with Crippen LogP contribution in [0, 0.1) is 5.82 Å². The molecular formula is C21H17FN4O3. The van der Waals surface area contributed by atoms with Crippen LogP contribution in [0.2, 0.25) is 0 Å². The number of hydrogen-bond donors (Lipinski definition) is 2. The number of rotatable bonds is 7. The van der Waals surface area contributed by atoms with E-state index in [1.165, 1.54) is 12.1 Å². The Bertz CT molecular complexity index is 1090. The van der Waals surface area contributed by atoms with Crippen molar-refractivity contribution in [1.29, 1.82) is 0 Å². The van der Waals surface area contributed by atoms with Crippen LogP contribution in [0.4, 0.5) is 10.1 Å². The Morgan fingerprint density at radius 2 is 1.79 bits per heavy atom. The molecule has 8 heteroatoms. The number of furan rings is 1. The molecule has 0 saturated carbocycles. The van der Waals surface area contributed by atoms with Crippen LogP contribution in [-0.2, 0) is 13.1 Å². The molecule has 7 nitrogen and oxygen atoms in total. The van der Waals surface area contributed by atoms with Gasteiger partial charge in [-0.1, -0.05) is 12.1 Å². The van der Waals surface area contributed by atoms with Crippen molar-refractivity contribution in [3.63, 3.8) is 0 Å². The van der Waals surface area contributed by atoms with Gasteiger partial charge in [0.15, 0.2) is 0 Å². The Morgan fingerprint density at radius 1 is 0.966 bits per heavy atom. The molecule has 0 spiro atoms. The van der Waals surface area contributed by atoms with Crippen molar-refractivity contribution in [1.82, 2.24) is 15.5 Å². The third-order valence-corrected chi connectivity index (χ3v) is 4.16. The number of nitrogens with zero attached hydrogens (tertiary/aromatic N) is 2. The second-order valence-electron chi connectivity index (χ2n) is 6.17. The van der Waals surface area contributed by atoms with Crippen LogP contribution in [0.1, 0.15) is 22.0 Å². The zero-order valence-corrected chi connectivity index (χ0v) is 15.3. The van der Waals surface area contributed by atoms with Gasteiger partial charge >= 0.3 is 0 Å². The smallest absolute Gasteiger partial charge is 0.253 e. The van der Waals surface area contributed by atoms with Gasteiger partial charge in [0.1, 0.15) is 11.6 Å². The first-order valence-electron chi connectivity index (χ1n) is 8.91. The molecule has 0 aliphatic rings. The largest absolute Gasteiger partial charge is 0.467 e. The molecule has 2 heterocycles. The van der Waals surface area contributed by atoms with Crippen LogP contribution in [0.3, 0.4) is 0 Å². The Morgan fingerprint density at radius 3 is 2.59 bits per heavy atom. The molecule has 2 aromatic heterocycles. The standard InChI is InChI=1S/C21H17FN4O3/c22-15-9-7-14(8-10-15)21-26-25-19(29-21)13-23-18-6-2-1-5-17(18)20(27)24-12-16-4-3-11-28-16/h1-11,23H,12-13H2,(H,24,27). The van der Waals surface area contributed by atoms with E-state index in [1.807, 2.05) is 6.07 Å². The number of nitrogens with one attached hydrogen (secondary N) is 2. The quantitative estimate of drug-likeness (QED) is 0.494. The minimum absolute atomic E-state index is 0.233.